The van der Waals surface area contributed by atoms with E-state index in [0.29, 0.717) is 11.9 Å². The van der Waals surface area contributed by atoms with Crippen LogP contribution >= 0.6 is 24.0 Å². The van der Waals surface area contributed by atoms with Gasteiger partial charge in [-0.1, -0.05) is 32.4 Å². The van der Waals surface area contributed by atoms with Crippen LogP contribution in [0.5, 0.6) is 0 Å². The van der Waals surface area contributed by atoms with Crippen LogP contribution in [0.15, 0.2) is 29.3 Å². The lowest BCUT2D eigenvalue weighted by atomic mass is 10.0. The number of anilines is 1. The Hall–Kier alpha value is -0.820. The molecule has 142 valence electrons. The molecule has 1 unspecified atom stereocenters. The number of nitrogens with two attached hydrogens (primary N) is 1. The molecule has 0 spiro atoms. The lowest BCUT2D eigenvalue weighted by Crippen LogP contribution is -2.38. The van der Waals surface area contributed by atoms with Gasteiger partial charge in [0.05, 0.1) is 0 Å². The van der Waals surface area contributed by atoms with Gasteiger partial charge in [-0.25, -0.2) is 0 Å². The number of benzene rings is 1. The minimum absolute atomic E-state index is 0. The fourth-order valence-electron chi connectivity index (χ4n) is 3.28. The summed E-state index contributed by atoms with van der Waals surface area (Å²) in [6.07, 6.45) is 6.39. The fraction of sp³-hybridized carbons (Fsp3) is 0.650. The topological polar surface area (TPSA) is 53.6 Å². The van der Waals surface area contributed by atoms with Gasteiger partial charge >= 0.3 is 0 Å². The molecule has 1 aliphatic heterocycles. The molecule has 1 aromatic rings. The molecule has 0 aliphatic carbocycles. The summed E-state index contributed by atoms with van der Waals surface area (Å²) in [6, 6.07) is 9.13. The Morgan fingerprint density at radius 3 is 2.84 bits per heavy atom. The quantitative estimate of drug-likeness (QED) is 0.267. The minimum Gasteiger partial charge on any atom is -0.370 e. The van der Waals surface area contributed by atoms with E-state index in [4.69, 9.17) is 5.73 Å². The first-order valence-corrected chi connectivity index (χ1v) is 9.47. The second kappa shape index (κ2) is 11.7. The monoisotopic (exact) mass is 458 g/mol. The molecular weight excluding hydrogens is 423 g/mol. The summed E-state index contributed by atoms with van der Waals surface area (Å²) in [5.74, 6) is 1.03. The maximum Gasteiger partial charge on any atom is 0.193 e. The highest BCUT2D eigenvalue weighted by atomic mass is 127. The van der Waals surface area contributed by atoms with E-state index in [0.717, 1.165) is 24.7 Å². The molecule has 1 heterocycles. The van der Waals surface area contributed by atoms with Gasteiger partial charge in [0.2, 0.25) is 0 Å². The normalized spacial score (nSPS) is 18.9. The number of aliphatic imine (C=N–C) groups is 1. The first-order valence-electron chi connectivity index (χ1n) is 9.47. The van der Waals surface area contributed by atoms with Crippen molar-refractivity contribution in [2.75, 3.05) is 25.0 Å². The number of unbranched alkanes of at least 4 members (excludes halogenated alkanes) is 1. The van der Waals surface area contributed by atoms with Crippen LogP contribution in [0.2, 0.25) is 0 Å². The smallest absolute Gasteiger partial charge is 0.193 e. The molecule has 0 aromatic heterocycles. The van der Waals surface area contributed by atoms with E-state index in [1.165, 1.54) is 44.3 Å². The van der Waals surface area contributed by atoms with Gasteiger partial charge in [-0.15, -0.1) is 24.0 Å². The van der Waals surface area contributed by atoms with Crippen molar-refractivity contribution in [2.24, 2.45) is 10.7 Å². The van der Waals surface area contributed by atoms with Crippen LogP contribution in [0, 0.1) is 0 Å². The molecule has 1 atom stereocenters. The van der Waals surface area contributed by atoms with Gasteiger partial charge in [0.25, 0.3) is 0 Å². The van der Waals surface area contributed by atoms with Crippen molar-refractivity contribution >= 4 is 35.6 Å². The highest BCUT2D eigenvalue weighted by Crippen LogP contribution is 2.18. The molecule has 1 aromatic carbocycles. The third-order valence-electron chi connectivity index (χ3n) is 4.90. The second-order valence-corrected chi connectivity index (χ2v) is 7.26. The number of piperidine rings is 1. The Kier molecular flexibility index (Phi) is 10.4. The van der Waals surface area contributed by atoms with Gasteiger partial charge in [-0.2, -0.15) is 0 Å². The molecule has 2 rings (SSSR count). The molecular formula is C20H35IN4. The van der Waals surface area contributed by atoms with E-state index in [2.05, 4.69) is 54.2 Å². The van der Waals surface area contributed by atoms with Crippen molar-refractivity contribution in [3.05, 3.63) is 29.8 Å². The molecule has 4 nitrogen and oxygen atoms in total. The Morgan fingerprint density at radius 2 is 2.12 bits per heavy atom. The van der Waals surface area contributed by atoms with Crippen LogP contribution in [-0.2, 0) is 0 Å². The van der Waals surface area contributed by atoms with Crippen LogP contribution in [0.25, 0.3) is 0 Å². The number of guanidine groups is 1. The van der Waals surface area contributed by atoms with Crippen molar-refractivity contribution in [3.63, 3.8) is 0 Å². The first-order chi connectivity index (χ1) is 11.6. The molecule has 0 bridgehead atoms. The minimum atomic E-state index is 0. The number of nitrogens with zero attached hydrogens (tertiary/aromatic N) is 2. The van der Waals surface area contributed by atoms with Gasteiger partial charge in [0.1, 0.15) is 0 Å². The highest BCUT2D eigenvalue weighted by Gasteiger charge is 2.16. The predicted molar refractivity (Wildman–Crippen MR) is 120 cm³/mol. The van der Waals surface area contributed by atoms with Gasteiger partial charge in [0, 0.05) is 18.3 Å². The number of likely N-dealkylation sites (tertiary alicyclic amines) is 1. The van der Waals surface area contributed by atoms with Crippen molar-refractivity contribution < 1.29 is 0 Å². The Balaban J connectivity index is 0.00000312. The lowest BCUT2D eigenvalue weighted by Gasteiger charge is -2.33. The number of rotatable bonds is 7. The van der Waals surface area contributed by atoms with Gasteiger partial charge in [0.15, 0.2) is 5.96 Å². The third kappa shape index (κ3) is 7.94. The van der Waals surface area contributed by atoms with Gasteiger partial charge in [-0.3, -0.25) is 4.99 Å². The summed E-state index contributed by atoms with van der Waals surface area (Å²) in [7, 11) is 0. The largest absolute Gasteiger partial charge is 0.370 e. The van der Waals surface area contributed by atoms with Crippen LogP contribution in [0.1, 0.15) is 64.4 Å². The highest BCUT2D eigenvalue weighted by molar-refractivity contribution is 14.0. The van der Waals surface area contributed by atoms with Crippen molar-refractivity contribution in [1.29, 1.82) is 0 Å². The fourth-order valence-corrected chi connectivity index (χ4v) is 3.28. The molecule has 1 aliphatic rings. The lowest BCUT2D eigenvalue weighted by molar-refractivity contribution is 0.158. The molecule has 5 heteroatoms. The molecule has 1 saturated heterocycles. The van der Waals surface area contributed by atoms with E-state index in [1.807, 2.05) is 6.07 Å². The third-order valence-corrected chi connectivity index (χ3v) is 4.90. The van der Waals surface area contributed by atoms with E-state index in [9.17, 15) is 0 Å². The molecule has 0 amide bonds. The first kappa shape index (κ1) is 22.2. The molecule has 25 heavy (non-hydrogen) atoms. The zero-order valence-electron chi connectivity index (χ0n) is 16.0. The van der Waals surface area contributed by atoms with Crippen LogP contribution in [0.3, 0.4) is 0 Å². The van der Waals surface area contributed by atoms with E-state index in [-0.39, 0.29) is 24.0 Å². The summed E-state index contributed by atoms with van der Waals surface area (Å²) in [4.78, 5) is 7.08. The predicted octanol–water partition coefficient (Wildman–Crippen LogP) is 4.81. The van der Waals surface area contributed by atoms with E-state index < -0.39 is 0 Å². The molecule has 3 N–H and O–H groups in total. The Bertz CT molecular complexity index is 530. The molecule has 0 saturated carbocycles. The second-order valence-electron chi connectivity index (χ2n) is 7.26. The van der Waals surface area contributed by atoms with Gasteiger partial charge in [-0.05, 0) is 69.3 Å². The van der Waals surface area contributed by atoms with E-state index in [1.54, 1.807) is 0 Å². The van der Waals surface area contributed by atoms with Crippen LogP contribution < -0.4 is 11.1 Å². The zero-order valence-corrected chi connectivity index (χ0v) is 18.3. The number of hydrogen-bond acceptors (Lipinski definition) is 2. The summed E-state index contributed by atoms with van der Waals surface area (Å²) in [5, 5.41) is 3.20. The van der Waals surface area contributed by atoms with E-state index >= 15 is 0 Å². The average Bonchev–Trinajstić information content (AvgIpc) is 2.56. The number of halogens is 1. The number of nitrogens with one attached hydrogen (secondary N) is 1. The summed E-state index contributed by atoms with van der Waals surface area (Å²) in [6.45, 7) is 10.00. The summed E-state index contributed by atoms with van der Waals surface area (Å²) >= 11 is 0. The Labute approximate surface area is 170 Å². The van der Waals surface area contributed by atoms with Crippen LogP contribution in [0.4, 0.5) is 5.69 Å². The number of hydrogen-bond donors (Lipinski definition) is 2. The van der Waals surface area contributed by atoms with Crippen molar-refractivity contribution in [2.45, 2.75) is 64.8 Å². The van der Waals surface area contributed by atoms with Crippen molar-refractivity contribution in [3.8, 4) is 0 Å². The van der Waals surface area contributed by atoms with Gasteiger partial charge < -0.3 is 16.0 Å². The summed E-state index contributed by atoms with van der Waals surface area (Å²) < 4.78 is 0. The maximum absolute atomic E-state index is 6.01. The standard InChI is InChI=1S/C20H34N4.HI/c1-16(2)18-10-8-11-19(15-18)23-20(21)22-12-5-7-14-24-13-6-4-9-17(24)3;/h8,10-11,15-17H,4-7,9,12-14H2,1-3H3,(H3,21,22,23);1H. The SMILES string of the molecule is CC(C)c1cccc(NC(N)=NCCCCN2CCCCC2C)c1.I. The maximum atomic E-state index is 6.01. The molecule has 1 fully saturated rings. The zero-order chi connectivity index (χ0) is 17.4. The Morgan fingerprint density at radius 1 is 1.32 bits per heavy atom. The summed E-state index contributed by atoms with van der Waals surface area (Å²) in [5.41, 5.74) is 8.33. The van der Waals surface area contributed by atoms with Crippen molar-refractivity contribution in [1.82, 2.24) is 4.90 Å². The molecule has 0 radical (unpaired) electrons. The average molecular weight is 458 g/mol. The van der Waals surface area contributed by atoms with Crippen LogP contribution in [-0.4, -0.2) is 36.5 Å².